The second-order valence-electron chi connectivity index (χ2n) is 8.29. The van der Waals surface area contributed by atoms with Crippen molar-refractivity contribution in [3.8, 4) is 5.88 Å². The predicted octanol–water partition coefficient (Wildman–Crippen LogP) is 4.46. The summed E-state index contributed by atoms with van der Waals surface area (Å²) in [7, 11) is 0. The van der Waals surface area contributed by atoms with Gasteiger partial charge in [-0.1, -0.05) is 36.2 Å². The number of hydrogen-bond donors (Lipinski definition) is 1. The van der Waals surface area contributed by atoms with Crippen LogP contribution in [0.5, 0.6) is 5.88 Å². The van der Waals surface area contributed by atoms with Crippen LogP contribution in [0.1, 0.15) is 43.2 Å². The molecule has 0 atom stereocenters. The van der Waals surface area contributed by atoms with E-state index in [0.29, 0.717) is 24.8 Å². The van der Waals surface area contributed by atoms with E-state index in [9.17, 15) is 0 Å². The first-order valence-electron chi connectivity index (χ1n) is 11.6. The molecule has 2 aliphatic rings. The Bertz CT molecular complexity index is 930. The molecule has 1 aliphatic heterocycles. The summed E-state index contributed by atoms with van der Waals surface area (Å²) in [5.41, 5.74) is 7.71. The summed E-state index contributed by atoms with van der Waals surface area (Å²) < 4.78 is 11.5. The number of nitrogens with zero attached hydrogens (tertiary/aromatic N) is 4. The van der Waals surface area contributed by atoms with E-state index in [1.807, 2.05) is 24.3 Å². The van der Waals surface area contributed by atoms with E-state index in [1.165, 1.54) is 30.5 Å². The van der Waals surface area contributed by atoms with Crippen LogP contribution >= 0.6 is 0 Å². The molecule has 2 fully saturated rings. The number of aliphatic imine (C=N–C) groups is 1. The highest BCUT2D eigenvalue weighted by molar-refractivity contribution is 5.85. The maximum atomic E-state index is 5.98. The number of benzene rings is 1. The van der Waals surface area contributed by atoms with Crippen LogP contribution in [0.3, 0.4) is 0 Å². The molecule has 0 amide bonds. The van der Waals surface area contributed by atoms with E-state index in [1.54, 1.807) is 6.21 Å². The van der Waals surface area contributed by atoms with Crippen molar-refractivity contribution in [2.24, 2.45) is 10.1 Å². The molecule has 0 radical (unpaired) electrons. The first-order chi connectivity index (χ1) is 15.8. The fourth-order valence-electron chi connectivity index (χ4n) is 4.02. The lowest BCUT2D eigenvalue weighted by Crippen LogP contribution is -2.36. The minimum Gasteiger partial charge on any atom is -0.476 e. The van der Waals surface area contributed by atoms with E-state index in [0.717, 1.165) is 50.4 Å². The molecule has 1 saturated carbocycles. The highest BCUT2D eigenvalue weighted by Gasteiger charge is 2.14. The van der Waals surface area contributed by atoms with E-state index >= 15 is 0 Å². The Morgan fingerprint density at radius 2 is 1.97 bits per heavy atom. The first kappa shape index (κ1) is 22.3. The number of aryl methyl sites for hydroxylation is 1. The third-order valence-electron chi connectivity index (χ3n) is 5.71. The molecule has 32 heavy (non-hydrogen) atoms. The Hall–Kier alpha value is -2.93. The summed E-state index contributed by atoms with van der Waals surface area (Å²) in [6.45, 7) is 6.42. The fraction of sp³-hybridized carbons (Fsp3) is 0.480. The highest BCUT2D eigenvalue weighted by atomic mass is 16.5. The Morgan fingerprint density at radius 1 is 1.12 bits per heavy atom. The smallest absolute Gasteiger partial charge is 0.217 e. The lowest BCUT2D eigenvalue weighted by Gasteiger charge is -2.29. The molecule has 0 bridgehead atoms. The van der Waals surface area contributed by atoms with Gasteiger partial charge >= 0.3 is 0 Å². The largest absolute Gasteiger partial charge is 0.476 e. The molecular weight excluding hydrogens is 402 g/mol. The Balaban J connectivity index is 1.42. The zero-order valence-corrected chi connectivity index (χ0v) is 18.9. The van der Waals surface area contributed by atoms with Gasteiger partial charge in [-0.15, -0.1) is 0 Å². The molecule has 170 valence electrons. The zero-order valence-electron chi connectivity index (χ0n) is 18.9. The number of nitrogens with one attached hydrogen (secondary N) is 1. The second kappa shape index (κ2) is 11.6. The number of pyridine rings is 1. The van der Waals surface area contributed by atoms with Crippen molar-refractivity contribution in [2.75, 3.05) is 49.8 Å². The summed E-state index contributed by atoms with van der Waals surface area (Å²) in [6.07, 6.45) is 7.93. The number of ether oxygens (including phenoxy) is 2. The van der Waals surface area contributed by atoms with Crippen molar-refractivity contribution in [3.63, 3.8) is 0 Å². The van der Waals surface area contributed by atoms with Crippen LogP contribution in [0.15, 0.2) is 46.5 Å². The number of morpholine rings is 1. The number of hydrazone groups is 1. The molecule has 4 rings (SSSR count). The SMILES string of the molecule is Cc1cccc(C=NNc2cc(N3CCOCC3)cc(OCCN=C3CCCCC3)n2)c1. The van der Waals surface area contributed by atoms with Gasteiger partial charge in [-0.3, -0.25) is 10.4 Å². The van der Waals surface area contributed by atoms with Crippen molar-refractivity contribution < 1.29 is 9.47 Å². The van der Waals surface area contributed by atoms with E-state index in [-0.39, 0.29) is 0 Å². The standard InChI is InChI=1S/C25H33N5O2/c1-20-6-5-7-21(16-20)19-27-29-24-17-23(30-11-14-31-15-12-30)18-25(28-24)32-13-10-26-22-8-3-2-4-9-22/h5-7,16-19H,2-4,8-15H2,1H3,(H,28,29). The molecule has 7 heteroatoms. The fourth-order valence-corrected chi connectivity index (χ4v) is 4.02. The van der Waals surface area contributed by atoms with Crippen LogP contribution in [0.4, 0.5) is 11.5 Å². The minimum atomic E-state index is 0.523. The number of rotatable bonds is 8. The van der Waals surface area contributed by atoms with Gasteiger partial charge in [0.2, 0.25) is 5.88 Å². The van der Waals surface area contributed by atoms with Gasteiger partial charge in [0.15, 0.2) is 5.82 Å². The average molecular weight is 436 g/mol. The van der Waals surface area contributed by atoms with Gasteiger partial charge in [0.25, 0.3) is 0 Å². The molecule has 2 heterocycles. The van der Waals surface area contributed by atoms with Crippen LogP contribution in [-0.4, -0.2) is 56.4 Å². The molecule has 1 aliphatic carbocycles. The highest BCUT2D eigenvalue weighted by Crippen LogP contribution is 2.25. The summed E-state index contributed by atoms with van der Waals surface area (Å²) in [5, 5.41) is 4.38. The van der Waals surface area contributed by atoms with Gasteiger partial charge in [-0.25, -0.2) is 0 Å². The van der Waals surface area contributed by atoms with Gasteiger partial charge in [-0.05, 0) is 38.2 Å². The summed E-state index contributed by atoms with van der Waals surface area (Å²) in [6, 6.07) is 12.2. The predicted molar refractivity (Wildman–Crippen MR) is 131 cm³/mol. The van der Waals surface area contributed by atoms with Gasteiger partial charge in [0.05, 0.1) is 26.0 Å². The number of hydrogen-bond acceptors (Lipinski definition) is 7. The van der Waals surface area contributed by atoms with Crippen LogP contribution in [0, 0.1) is 6.92 Å². The second-order valence-corrected chi connectivity index (χ2v) is 8.29. The number of anilines is 2. The summed E-state index contributed by atoms with van der Waals surface area (Å²) in [4.78, 5) is 11.6. The van der Waals surface area contributed by atoms with Crippen molar-refractivity contribution in [3.05, 3.63) is 47.5 Å². The molecule has 1 N–H and O–H groups in total. The molecule has 1 aromatic carbocycles. The summed E-state index contributed by atoms with van der Waals surface area (Å²) in [5.74, 6) is 1.25. The lowest BCUT2D eigenvalue weighted by atomic mass is 9.99. The van der Waals surface area contributed by atoms with Gasteiger partial charge < -0.3 is 14.4 Å². The van der Waals surface area contributed by atoms with Crippen LogP contribution in [0.2, 0.25) is 0 Å². The summed E-state index contributed by atoms with van der Waals surface area (Å²) >= 11 is 0. The third-order valence-corrected chi connectivity index (χ3v) is 5.71. The van der Waals surface area contributed by atoms with Gasteiger partial charge in [0, 0.05) is 36.6 Å². The Kier molecular flexibility index (Phi) is 8.09. The molecule has 1 saturated heterocycles. The van der Waals surface area contributed by atoms with Crippen LogP contribution in [-0.2, 0) is 4.74 Å². The first-order valence-corrected chi connectivity index (χ1v) is 11.6. The normalized spacial score (nSPS) is 16.9. The Morgan fingerprint density at radius 3 is 2.78 bits per heavy atom. The van der Waals surface area contributed by atoms with Crippen LogP contribution in [0.25, 0.3) is 0 Å². The maximum absolute atomic E-state index is 5.98. The quantitative estimate of drug-likeness (QED) is 0.377. The molecule has 2 aromatic rings. The van der Waals surface area contributed by atoms with Crippen LogP contribution < -0.4 is 15.1 Å². The Labute approximate surface area is 190 Å². The van der Waals surface area contributed by atoms with Crippen molar-refractivity contribution >= 4 is 23.4 Å². The zero-order chi connectivity index (χ0) is 22.0. The van der Waals surface area contributed by atoms with E-state index in [2.05, 4.69) is 39.5 Å². The lowest BCUT2D eigenvalue weighted by molar-refractivity contribution is 0.122. The molecule has 1 aromatic heterocycles. The monoisotopic (exact) mass is 435 g/mol. The van der Waals surface area contributed by atoms with Gasteiger partial charge in [-0.2, -0.15) is 10.1 Å². The van der Waals surface area contributed by atoms with E-state index in [4.69, 9.17) is 14.5 Å². The van der Waals surface area contributed by atoms with Crippen molar-refractivity contribution in [2.45, 2.75) is 39.0 Å². The van der Waals surface area contributed by atoms with E-state index < -0.39 is 0 Å². The molecule has 7 nitrogen and oxygen atoms in total. The maximum Gasteiger partial charge on any atom is 0.217 e. The average Bonchev–Trinajstić information content (AvgIpc) is 2.83. The third kappa shape index (κ3) is 6.79. The molecular formula is C25H33N5O2. The minimum absolute atomic E-state index is 0.523. The molecule has 0 unspecified atom stereocenters. The molecule has 0 spiro atoms. The number of aromatic nitrogens is 1. The topological polar surface area (TPSA) is 71.3 Å². The van der Waals surface area contributed by atoms with Crippen molar-refractivity contribution in [1.29, 1.82) is 0 Å². The van der Waals surface area contributed by atoms with Gasteiger partial charge in [0.1, 0.15) is 6.61 Å². The van der Waals surface area contributed by atoms with Crippen molar-refractivity contribution in [1.82, 2.24) is 4.98 Å².